The van der Waals surface area contributed by atoms with Crippen molar-refractivity contribution in [1.82, 2.24) is 10.0 Å². The van der Waals surface area contributed by atoms with Gasteiger partial charge >= 0.3 is 0 Å². The van der Waals surface area contributed by atoms with Gasteiger partial charge < -0.3 is 5.32 Å². The van der Waals surface area contributed by atoms with Crippen LogP contribution in [0.25, 0.3) is 0 Å². The number of rotatable bonds is 10. The van der Waals surface area contributed by atoms with E-state index in [4.69, 9.17) is 0 Å². The van der Waals surface area contributed by atoms with E-state index in [2.05, 4.69) is 17.0 Å². The number of hydrogen-bond acceptors (Lipinski definition) is 5. The Kier molecular flexibility index (Phi) is 8.13. The Bertz CT molecular complexity index is 486. The molecule has 0 aliphatic carbocycles. The standard InChI is InChI=1S/C13H24N2O2S3/c1-4-5-14-8-12-6-13(10-19-12)20(16,17)15-7-11(2)9-18-3/h6,10-11,14-15H,4-5,7-9H2,1-3H3. The van der Waals surface area contributed by atoms with Gasteiger partial charge in [-0.3, -0.25) is 0 Å². The van der Waals surface area contributed by atoms with Crippen molar-refractivity contribution in [3.8, 4) is 0 Å². The molecule has 20 heavy (non-hydrogen) atoms. The Morgan fingerprint density at radius 3 is 2.85 bits per heavy atom. The Balaban J connectivity index is 2.54. The number of thioether (sulfide) groups is 1. The second-order valence-corrected chi connectivity index (χ2v) is 8.51. The molecule has 0 saturated carbocycles. The Morgan fingerprint density at radius 2 is 2.20 bits per heavy atom. The van der Waals surface area contributed by atoms with E-state index in [-0.39, 0.29) is 0 Å². The van der Waals surface area contributed by atoms with Gasteiger partial charge in [-0.2, -0.15) is 11.8 Å². The summed E-state index contributed by atoms with van der Waals surface area (Å²) in [5.74, 6) is 1.29. The average molecular weight is 337 g/mol. The normalized spacial score (nSPS) is 13.6. The van der Waals surface area contributed by atoms with Gasteiger partial charge in [-0.05, 0) is 37.0 Å². The molecule has 0 bridgehead atoms. The molecule has 1 heterocycles. The van der Waals surface area contributed by atoms with Crippen LogP contribution in [-0.2, 0) is 16.6 Å². The molecule has 0 saturated heterocycles. The highest BCUT2D eigenvalue weighted by molar-refractivity contribution is 7.98. The second kappa shape index (κ2) is 9.04. The van der Waals surface area contributed by atoms with E-state index < -0.39 is 10.0 Å². The Hall–Kier alpha value is -0.0800. The average Bonchev–Trinajstić information content (AvgIpc) is 2.87. The largest absolute Gasteiger partial charge is 0.312 e. The highest BCUT2D eigenvalue weighted by atomic mass is 32.2. The van der Waals surface area contributed by atoms with E-state index in [1.54, 1.807) is 23.2 Å². The first-order chi connectivity index (χ1) is 9.49. The first-order valence-electron chi connectivity index (χ1n) is 6.76. The van der Waals surface area contributed by atoms with E-state index in [1.807, 2.05) is 13.2 Å². The molecule has 1 rings (SSSR count). The summed E-state index contributed by atoms with van der Waals surface area (Å²) in [6, 6.07) is 1.76. The minimum atomic E-state index is -3.36. The van der Waals surface area contributed by atoms with Crippen molar-refractivity contribution < 1.29 is 8.42 Å². The van der Waals surface area contributed by atoms with Crippen LogP contribution in [0.1, 0.15) is 25.1 Å². The maximum atomic E-state index is 12.2. The Morgan fingerprint density at radius 1 is 1.45 bits per heavy atom. The topological polar surface area (TPSA) is 58.2 Å². The fraction of sp³-hybridized carbons (Fsp3) is 0.692. The summed E-state index contributed by atoms with van der Waals surface area (Å²) in [4.78, 5) is 1.43. The van der Waals surface area contributed by atoms with Crippen LogP contribution in [0, 0.1) is 5.92 Å². The van der Waals surface area contributed by atoms with Crippen molar-refractivity contribution in [3.05, 3.63) is 16.3 Å². The summed E-state index contributed by atoms with van der Waals surface area (Å²) in [7, 11) is -3.36. The molecular weight excluding hydrogens is 312 g/mol. The summed E-state index contributed by atoms with van der Waals surface area (Å²) in [6.45, 7) is 6.33. The van der Waals surface area contributed by atoms with Crippen molar-refractivity contribution in [2.75, 3.05) is 25.1 Å². The maximum Gasteiger partial charge on any atom is 0.241 e. The third kappa shape index (κ3) is 6.13. The zero-order valence-electron chi connectivity index (χ0n) is 12.3. The first kappa shape index (κ1) is 18.0. The summed E-state index contributed by atoms with van der Waals surface area (Å²) >= 11 is 3.22. The van der Waals surface area contributed by atoms with E-state index >= 15 is 0 Å². The van der Waals surface area contributed by atoms with Gasteiger partial charge in [0.05, 0.1) is 4.90 Å². The fourth-order valence-electron chi connectivity index (χ4n) is 1.66. The van der Waals surface area contributed by atoms with Crippen LogP contribution in [0.5, 0.6) is 0 Å². The SMILES string of the molecule is CCCNCc1cc(S(=O)(=O)NCC(C)CSC)cs1. The quantitative estimate of drug-likeness (QED) is 0.645. The first-order valence-corrected chi connectivity index (χ1v) is 10.5. The number of hydrogen-bond donors (Lipinski definition) is 2. The van der Waals surface area contributed by atoms with Gasteiger partial charge in [0, 0.05) is 23.3 Å². The highest BCUT2D eigenvalue weighted by Gasteiger charge is 2.16. The van der Waals surface area contributed by atoms with Crippen molar-refractivity contribution in [3.63, 3.8) is 0 Å². The van der Waals surface area contributed by atoms with E-state index in [9.17, 15) is 8.42 Å². The minimum Gasteiger partial charge on any atom is -0.312 e. The fourth-order valence-corrected chi connectivity index (χ4v) is 4.76. The molecule has 0 radical (unpaired) electrons. The minimum absolute atomic E-state index is 0.337. The number of nitrogens with one attached hydrogen (secondary N) is 2. The smallest absolute Gasteiger partial charge is 0.241 e. The lowest BCUT2D eigenvalue weighted by Crippen LogP contribution is -2.29. The van der Waals surface area contributed by atoms with Crippen LogP contribution in [-0.4, -0.2) is 33.5 Å². The molecule has 1 aromatic heterocycles. The van der Waals surface area contributed by atoms with E-state index in [1.165, 1.54) is 11.3 Å². The second-order valence-electron chi connectivity index (χ2n) is 4.84. The van der Waals surface area contributed by atoms with Crippen molar-refractivity contribution in [2.45, 2.75) is 31.7 Å². The molecule has 0 aromatic carbocycles. The molecule has 0 amide bonds. The summed E-state index contributed by atoms with van der Waals surface area (Å²) < 4.78 is 27.0. The molecular formula is C13H24N2O2S3. The third-order valence-corrected chi connectivity index (χ3v) is 6.13. The highest BCUT2D eigenvalue weighted by Crippen LogP contribution is 2.19. The monoisotopic (exact) mass is 336 g/mol. The van der Waals surface area contributed by atoms with Crippen molar-refractivity contribution >= 4 is 33.1 Å². The van der Waals surface area contributed by atoms with Gasteiger partial charge in [0.25, 0.3) is 0 Å². The van der Waals surface area contributed by atoms with Crippen LogP contribution >= 0.6 is 23.1 Å². The van der Waals surface area contributed by atoms with Gasteiger partial charge in [-0.1, -0.05) is 13.8 Å². The molecule has 116 valence electrons. The molecule has 7 heteroatoms. The van der Waals surface area contributed by atoms with Gasteiger partial charge in [0.15, 0.2) is 0 Å². The zero-order chi connectivity index (χ0) is 15.0. The third-order valence-electron chi connectivity index (χ3n) is 2.74. The van der Waals surface area contributed by atoms with Crippen LogP contribution in [0.4, 0.5) is 0 Å². The van der Waals surface area contributed by atoms with Gasteiger partial charge in [-0.15, -0.1) is 11.3 Å². The molecule has 4 nitrogen and oxygen atoms in total. The molecule has 1 atom stereocenters. The molecule has 0 fully saturated rings. The number of thiophene rings is 1. The van der Waals surface area contributed by atoms with Crippen molar-refractivity contribution in [2.24, 2.45) is 5.92 Å². The predicted octanol–water partition coefficient (Wildman–Crippen LogP) is 2.53. The van der Waals surface area contributed by atoms with Crippen molar-refractivity contribution in [1.29, 1.82) is 0 Å². The predicted molar refractivity (Wildman–Crippen MR) is 89.1 cm³/mol. The van der Waals surface area contributed by atoms with Gasteiger partial charge in [0.1, 0.15) is 0 Å². The maximum absolute atomic E-state index is 12.2. The van der Waals surface area contributed by atoms with Gasteiger partial charge in [-0.25, -0.2) is 13.1 Å². The lowest BCUT2D eigenvalue weighted by Gasteiger charge is -2.10. The molecule has 0 aliphatic rings. The van der Waals surface area contributed by atoms with E-state index in [0.29, 0.717) is 17.4 Å². The molecule has 2 N–H and O–H groups in total. The Labute approximate surface area is 130 Å². The lowest BCUT2D eigenvalue weighted by atomic mass is 10.2. The molecule has 0 spiro atoms. The van der Waals surface area contributed by atoms with Crippen LogP contribution in [0.2, 0.25) is 0 Å². The molecule has 1 aromatic rings. The zero-order valence-corrected chi connectivity index (χ0v) is 14.8. The molecule has 0 aliphatic heterocycles. The summed E-state index contributed by atoms with van der Waals surface area (Å²) in [5, 5.41) is 4.99. The lowest BCUT2D eigenvalue weighted by molar-refractivity contribution is 0.563. The van der Waals surface area contributed by atoms with Crippen LogP contribution < -0.4 is 10.0 Å². The summed E-state index contributed by atoms with van der Waals surface area (Å²) in [6.07, 6.45) is 3.10. The van der Waals surface area contributed by atoms with Crippen LogP contribution in [0.15, 0.2) is 16.3 Å². The van der Waals surface area contributed by atoms with E-state index in [0.717, 1.165) is 30.1 Å². The molecule has 1 unspecified atom stereocenters. The van der Waals surface area contributed by atoms with Gasteiger partial charge in [0.2, 0.25) is 10.0 Å². The van der Waals surface area contributed by atoms with Crippen LogP contribution in [0.3, 0.4) is 0 Å². The number of sulfonamides is 1. The summed E-state index contributed by atoms with van der Waals surface area (Å²) in [5.41, 5.74) is 0.